The summed E-state index contributed by atoms with van der Waals surface area (Å²) in [6.45, 7) is 0. The Balaban J connectivity index is 2.07. The zero-order valence-corrected chi connectivity index (χ0v) is 14.8. The molecule has 0 saturated heterocycles. The highest BCUT2D eigenvalue weighted by atomic mass is 35.5. The van der Waals surface area contributed by atoms with Gasteiger partial charge in [0.05, 0.1) is 22.7 Å². The van der Waals surface area contributed by atoms with Gasteiger partial charge in [0.25, 0.3) is 5.91 Å². The molecule has 2 aromatic heterocycles. The lowest BCUT2D eigenvalue weighted by atomic mass is 10.1. The van der Waals surface area contributed by atoms with E-state index in [-0.39, 0.29) is 32.8 Å². The minimum atomic E-state index is -0.765. The zero-order valence-electron chi connectivity index (χ0n) is 13.3. The molecule has 0 aliphatic rings. The van der Waals surface area contributed by atoms with E-state index < -0.39 is 11.9 Å². The third-order valence-electron chi connectivity index (χ3n) is 3.43. The number of ether oxygens (including phenoxy) is 1. The van der Waals surface area contributed by atoms with E-state index in [0.29, 0.717) is 5.56 Å². The van der Waals surface area contributed by atoms with Crippen molar-refractivity contribution in [2.75, 3.05) is 12.4 Å². The van der Waals surface area contributed by atoms with Gasteiger partial charge in [0.2, 0.25) is 5.88 Å². The average molecular weight is 392 g/mol. The maximum Gasteiger partial charge on any atom is 0.345 e. The third kappa shape index (κ3) is 3.40. The molecule has 0 bridgehead atoms. The molecule has 1 amide bonds. The average Bonchev–Trinajstić information content (AvgIpc) is 3.04. The Kier molecular flexibility index (Phi) is 5.20. The smallest absolute Gasteiger partial charge is 0.345 e. The summed E-state index contributed by atoms with van der Waals surface area (Å²) < 4.78 is 9.93. The highest BCUT2D eigenvalue weighted by Crippen LogP contribution is 2.38. The zero-order chi connectivity index (χ0) is 18.7. The molecule has 2 heterocycles. The molecule has 9 heteroatoms. The first-order valence-corrected chi connectivity index (χ1v) is 8.02. The highest BCUT2D eigenvalue weighted by Gasteiger charge is 2.28. The summed E-state index contributed by atoms with van der Waals surface area (Å²) in [6, 6.07) is 7.99. The van der Waals surface area contributed by atoms with Crippen LogP contribution in [0.4, 0.5) is 5.88 Å². The van der Waals surface area contributed by atoms with Gasteiger partial charge in [-0.05, 0) is 24.3 Å². The number of rotatable bonds is 4. The Morgan fingerprint density at radius 1 is 1.15 bits per heavy atom. The maximum absolute atomic E-state index is 12.3. The number of pyridine rings is 1. The molecule has 0 saturated carbocycles. The van der Waals surface area contributed by atoms with E-state index in [1.54, 1.807) is 30.3 Å². The van der Waals surface area contributed by atoms with Crippen LogP contribution in [0.15, 0.2) is 47.2 Å². The van der Waals surface area contributed by atoms with Crippen molar-refractivity contribution in [2.45, 2.75) is 0 Å². The maximum atomic E-state index is 12.3. The SMILES string of the molecule is COC(=O)c1c(-c2c(Cl)cccc2Cl)noc1NC(=O)c1cccnc1. The number of methoxy groups -OCH3 is 1. The molecule has 0 atom stereocenters. The number of carbonyl (C=O) groups is 2. The molecule has 132 valence electrons. The van der Waals surface area contributed by atoms with Crippen LogP contribution in [0.25, 0.3) is 11.3 Å². The first-order valence-electron chi connectivity index (χ1n) is 7.26. The minimum Gasteiger partial charge on any atom is -0.465 e. The summed E-state index contributed by atoms with van der Waals surface area (Å²) in [5.74, 6) is -1.48. The quantitative estimate of drug-likeness (QED) is 0.673. The standard InChI is InChI=1S/C17H11Cl2N3O4/c1-25-17(24)13-14(12-10(18)5-2-6-11(12)19)22-26-16(13)21-15(23)9-4-3-7-20-8-9/h2-8H,1H3,(H,21,23). The van der Waals surface area contributed by atoms with E-state index in [2.05, 4.69) is 15.5 Å². The summed E-state index contributed by atoms with van der Waals surface area (Å²) in [5.41, 5.74) is 0.535. The van der Waals surface area contributed by atoms with Gasteiger partial charge in [0.1, 0.15) is 5.69 Å². The van der Waals surface area contributed by atoms with E-state index in [1.807, 2.05) is 0 Å². The van der Waals surface area contributed by atoms with Crippen molar-refractivity contribution in [2.24, 2.45) is 0 Å². The highest BCUT2D eigenvalue weighted by molar-refractivity contribution is 6.39. The van der Waals surface area contributed by atoms with Crippen LogP contribution in [0.3, 0.4) is 0 Å². The third-order valence-corrected chi connectivity index (χ3v) is 4.06. The predicted octanol–water partition coefficient (Wildman–Crippen LogP) is 4.08. The summed E-state index contributed by atoms with van der Waals surface area (Å²) in [5, 5.41) is 6.85. The Hall–Kier alpha value is -2.90. The second-order valence-electron chi connectivity index (χ2n) is 5.02. The first-order chi connectivity index (χ1) is 12.5. The molecule has 0 fully saturated rings. The number of hydrogen-bond donors (Lipinski definition) is 1. The number of hydrogen-bond acceptors (Lipinski definition) is 6. The van der Waals surface area contributed by atoms with Gasteiger partial charge in [-0.3, -0.25) is 15.1 Å². The van der Waals surface area contributed by atoms with Crippen molar-refractivity contribution in [3.63, 3.8) is 0 Å². The number of nitrogens with one attached hydrogen (secondary N) is 1. The van der Waals surface area contributed by atoms with Crippen LogP contribution in [0.1, 0.15) is 20.7 Å². The van der Waals surface area contributed by atoms with Crippen LogP contribution in [-0.4, -0.2) is 29.1 Å². The molecule has 3 rings (SSSR count). The van der Waals surface area contributed by atoms with Crippen LogP contribution in [0, 0.1) is 0 Å². The van der Waals surface area contributed by atoms with Gasteiger partial charge in [0.15, 0.2) is 5.56 Å². The molecular weight excluding hydrogens is 381 g/mol. The van der Waals surface area contributed by atoms with Gasteiger partial charge in [-0.2, -0.15) is 0 Å². The molecule has 1 N–H and O–H groups in total. The number of carbonyl (C=O) groups excluding carboxylic acids is 2. The lowest BCUT2D eigenvalue weighted by Gasteiger charge is -2.06. The molecular formula is C17H11Cl2N3O4. The van der Waals surface area contributed by atoms with Crippen LogP contribution in [-0.2, 0) is 4.74 Å². The van der Waals surface area contributed by atoms with E-state index in [9.17, 15) is 9.59 Å². The fourth-order valence-corrected chi connectivity index (χ4v) is 2.81. The van der Waals surface area contributed by atoms with Crippen LogP contribution in [0.5, 0.6) is 0 Å². The first kappa shape index (κ1) is 17.9. The van der Waals surface area contributed by atoms with Gasteiger partial charge in [-0.1, -0.05) is 34.4 Å². The van der Waals surface area contributed by atoms with E-state index >= 15 is 0 Å². The number of benzene rings is 1. The normalized spacial score (nSPS) is 10.4. The summed E-state index contributed by atoms with van der Waals surface area (Å²) in [4.78, 5) is 28.4. The summed E-state index contributed by atoms with van der Waals surface area (Å²) in [6.07, 6.45) is 2.90. The van der Waals surface area contributed by atoms with E-state index in [0.717, 1.165) is 0 Å². The molecule has 1 aromatic carbocycles. The van der Waals surface area contributed by atoms with Crippen molar-refractivity contribution in [1.82, 2.24) is 10.1 Å². The molecule has 26 heavy (non-hydrogen) atoms. The predicted molar refractivity (Wildman–Crippen MR) is 95.5 cm³/mol. The van der Waals surface area contributed by atoms with Crippen molar-refractivity contribution < 1.29 is 18.8 Å². The van der Waals surface area contributed by atoms with Gasteiger partial charge in [0, 0.05) is 18.0 Å². The van der Waals surface area contributed by atoms with E-state index in [4.69, 9.17) is 32.5 Å². The number of esters is 1. The molecule has 0 radical (unpaired) electrons. The fraction of sp³-hybridized carbons (Fsp3) is 0.0588. The number of aromatic nitrogens is 2. The topological polar surface area (TPSA) is 94.3 Å². The Labute approximate surface area is 157 Å². The van der Waals surface area contributed by atoms with Crippen molar-refractivity contribution in [3.8, 4) is 11.3 Å². The Bertz CT molecular complexity index is 953. The second kappa shape index (κ2) is 7.55. The van der Waals surface area contributed by atoms with Crippen LogP contribution >= 0.6 is 23.2 Å². The molecule has 0 unspecified atom stereocenters. The second-order valence-corrected chi connectivity index (χ2v) is 5.83. The molecule has 0 aliphatic carbocycles. The molecule has 0 aliphatic heterocycles. The monoisotopic (exact) mass is 391 g/mol. The van der Waals surface area contributed by atoms with Gasteiger partial charge in [-0.15, -0.1) is 0 Å². The number of anilines is 1. The number of amides is 1. The number of halogens is 2. The van der Waals surface area contributed by atoms with Gasteiger partial charge < -0.3 is 9.26 Å². The van der Waals surface area contributed by atoms with Gasteiger partial charge >= 0.3 is 5.97 Å². The molecule has 3 aromatic rings. The van der Waals surface area contributed by atoms with Crippen molar-refractivity contribution in [1.29, 1.82) is 0 Å². The fourth-order valence-electron chi connectivity index (χ4n) is 2.23. The molecule has 0 spiro atoms. The van der Waals surface area contributed by atoms with Crippen LogP contribution < -0.4 is 5.32 Å². The van der Waals surface area contributed by atoms with Crippen molar-refractivity contribution in [3.05, 3.63) is 63.9 Å². The largest absolute Gasteiger partial charge is 0.465 e. The van der Waals surface area contributed by atoms with Crippen LogP contribution in [0.2, 0.25) is 10.0 Å². The molecule has 7 nitrogen and oxygen atoms in total. The van der Waals surface area contributed by atoms with E-state index in [1.165, 1.54) is 19.5 Å². The summed E-state index contributed by atoms with van der Waals surface area (Å²) >= 11 is 12.4. The summed E-state index contributed by atoms with van der Waals surface area (Å²) in [7, 11) is 1.19. The Morgan fingerprint density at radius 2 is 1.88 bits per heavy atom. The van der Waals surface area contributed by atoms with Gasteiger partial charge in [-0.25, -0.2) is 4.79 Å². The lowest BCUT2D eigenvalue weighted by molar-refractivity contribution is 0.0602. The lowest BCUT2D eigenvalue weighted by Crippen LogP contribution is -2.14. The Morgan fingerprint density at radius 3 is 2.50 bits per heavy atom. The van der Waals surface area contributed by atoms with Crippen molar-refractivity contribution >= 4 is 41.0 Å². The minimum absolute atomic E-state index is 0.0638. The number of nitrogens with zero attached hydrogens (tertiary/aromatic N) is 2.